The lowest BCUT2D eigenvalue weighted by Crippen LogP contribution is -2.48. The molecule has 0 aliphatic heterocycles. The number of ether oxygens (including phenoxy) is 1. The molecule has 7 nitrogen and oxygen atoms in total. The van der Waals surface area contributed by atoms with Gasteiger partial charge in [-0.25, -0.2) is 0 Å². The van der Waals surface area contributed by atoms with Crippen molar-refractivity contribution in [1.82, 2.24) is 10.9 Å². The maximum Gasteiger partial charge on any atom is 0.279 e. The highest BCUT2D eigenvalue weighted by molar-refractivity contribution is 5.94. The van der Waals surface area contributed by atoms with Gasteiger partial charge in [0.05, 0.1) is 0 Å². The first-order chi connectivity index (χ1) is 14.3. The first kappa shape index (κ1) is 22.9. The van der Waals surface area contributed by atoms with Crippen molar-refractivity contribution in [3.63, 3.8) is 0 Å². The largest absolute Gasteiger partial charge is 0.481 e. The van der Waals surface area contributed by atoms with Crippen LogP contribution in [0.15, 0.2) is 42.5 Å². The summed E-state index contributed by atoms with van der Waals surface area (Å²) in [5, 5.41) is 2.80. The van der Waals surface area contributed by atoms with Gasteiger partial charge in [0.1, 0.15) is 5.75 Å². The number of rotatable bonds is 8. The quantitative estimate of drug-likeness (QED) is 0.581. The molecule has 1 atom stereocenters. The summed E-state index contributed by atoms with van der Waals surface area (Å²) >= 11 is 0. The van der Waals surface area contributed by atoms with Gasteiger partial charge in [-0.15, -0.1) is 0 Å². The fraction of sp³-hybridized carbons (Fsp3) is 0.348. The van der Waals surface area contributed by atoms with Crippen LogP contribution in [0.25, 0.3) is 0 Å². The molecular weight excluding hydrogens is 382 g/mol. The molecule has 1 unspecified atom stereocenters. The van der Waals surface area contributed by atoms with E-state index in [-0.39, 0.29) is 18.7 Å². The number of benzene rings is 2. The van der Waals surface area contributed by atoms with Crippen molar-refractivity contribution in [2.24, 2.45) is 0 Å². The highest BCUT2D eigenvalue weighted by atomic mass is 16.5. The van der Waals surface area contributed by atoms with Crippen molar-refractivity contribution in [1.29, 1.82) is 0 Å². The van der Waals surface area contributed by atoms with Crippen LogP contribution in [-0.4, -0.2) is 23.8 Å². The van der Waals surface area contributed by atoms with Crippen molar-refractivity contribution in [2.75, 3.05) is 5.32 Å². The topological polar surface area (TPSA) is 96.5 Å². The Hall–Kier alpha value is -3.35. The average molecular weight is 412 g/mol. The van der Waals surface area contributed by atoms with Crippen molar-refractivity contribution in [2.45, 2.75) is 53.1 Å². The summed E-state index contributed by atoms with van der Waals surface area (Å²) < 4.78 is 5.70. The van der Waals surface area contributed by atoms with Crippen molar-refractivity contribution >= 4 is 23.4 Å². The molecule has 3 N–H and O–H groups in total. The van der Waals surface area contributed by atoms with E-state index >= 15 is 0 Å². The van der Waals surface area contributed by atoms with E-state index in [2.05, 4.69) is 16.2 Å². The summed E-state index contributed by atoms with van der Waals surface area (Å²) in [6.07, 6.45) is -0.341. The Bertz CT molecular complexity index is 911. The van der Waals surface area contributed by atoms with E-state index in [1.807, 2.05) is 64.1 Å². The van der Waals surface area contributed by atoms with Crippen LogP contribution in [0.3, 0.4) is 0 Å². The number of aryl methyl sites for hydroxylation is 3. The molecule has 0 spiro atoms. The van der Waals surface area contributed by atoms with Crippen LogP contribution in [0.1, 0.15) is 42.9 Å². The van der Waals surface area contributed by atoms with E-state index in [4.69, 9.17) is 4.74 Å². The van der Waals surface area contributed by atoms with E-state index in [0.29, 0.717) is 12.2 Å². The lowest BCUT2D eigenvalue weighted by Gasteiger charge is -2.17. The predicted octanol–water partition coefficient (Wildman–Crippen LogP) is 3.34. The average Bonchev–Trinajstić information content (AvgIpc) is 2.71. The molecule has 0 saturated carbocycles. The van der Waals surface area contributed by atoms with E-state index in [1.165, 1.54) is 0 Å². The Morgan fingerprint density at radius 1 is 0.900 bits per heavy atom. The van der Waals surface area contributed by atoms with E-state index in [0.717, 1.165) is 22.4 Å². The number of nitrogens with one attached hydrogen (secondary N) is 3. The third-order valence-corrected chi connectivity index (χ3v) is 4.50. The van der Waals surface area contributed by atoms with Crippen LogP contribution in [0, 0.1) is 20.8 Å². The zero-order valence-electron chi connectivity index (χ0n) is 17.9. The van der Waals surface area contributed by atoms with E-state index in [1.54, 1.807) is 6.07 Å². The summed E-state index contributed by atoms with van der Waals surface area (Å²) in [4.78, 5) is 36.4. The monoisotopic (exact) mass is 411 g/mol. The molecule has 3 amide bonds. The fourth-order valence-corrected chi connectivity index (χ4v) is 2.76. The van der Waals surface area contributed by atoms with Gasteiger partial charge in [-0.1, -0.05) is 31.2 Å². The van der Waals surface area contributed by atoms with Gasteiger partial charge in [-0.3, -0.25) is 25.2 Å². The summed E-state index contributed by atoms with van der Waals surface area (Å²) in [5.41, 5.74) is 8.44. The fourth-order valence-electron chi connectivity index (χ4n) is 2.76. The zero-order chi connectivity index (χ0) is 22.1. The molecule has 2 aromatic carbocycles. The number of carbonyl (C=O) groups excluding carboxylic acids is 3. The van der Waals surface area contributed by atoms with Crippen LogP contribution in [0.4, 0.5) is 5.69 Å². The molecule has 0 aliphatic rings. The number of hydrogen-bond acceptors (Lipinski definition) is 4. The molecule has 7 heteroatoms. The number of hydrazine groups is 1. The molecule has 2 aromatic rings. The van der Waals surface area contributed by atoms with Crippen molar-refractivity contribution in [3.8, 4) is 5.75 Å². The number of hydrogen-bond donors (Lipinski definition) is 3. The molecule has 0 heterocycles. The Kier molecular flexibility index (Phi) is 8.41. The zero-order valence-corrected chi connectivity index (χ0v) is 17.9. The molecule has 30 heavy (non-hydrogen) atoms. The summed E-state index contributed by atoms with van der Waals surface area (Å²) in [6.45, 7) is 7.60. The minimum Gasteiger partial charge on any atom is -0.481 e. The van der Waals surface area contributed by atoms with Gasteiger partial charge >= 0.3 is 0 Å². The first-order valence-corrected chi connectivity index (χ1v) is 9.97. The minimum absolute atomic E-state index is 0.00604. The molecular formula is C23H29N3O4. The Labute approximate surface area is 177 Å². The lowest BCUT2D eigenvalue weighted by atomic mass is 10.1. The lowest BCUT2D eigenvalue weighted by molar-refractivity contribution is -0.133. The maximum absolute atomic E-state index is 12.3. The Morgan fingerprint density at radius 2 is 1.60 bits per heavy atom. The maximum atomic E-state index is 12.3. The third kappa shape index (κ3) is 7.24. The number of carbonyl (C=O) groups is 3. The molecule has 0 fully saturated rings. The van der Waals surface area contributed by atoms with Gasteiger partial charge in [-0.05, 0) is 62.1 Å². The molecule has 2 rings (SSSR count). The second-order valence-corrected chi connectivity index (χ2v) is 7.24. The van der Waals surface area contributed by atoms with Gasteiger partial charge in [-0.2, -0.15) is 0 Å². The third-order valence-electron chi connectivity index (χ3n) is 4.50. The normalized spacial score (nSPS) is 11.3. The SMILES string of the molecule is CCC(Oc1cccc(C)c1)C(=O)NNC(=O)CCC(=O)Nc1cc(C)ccc1C. The second-order valence-electron chi connectivity index (χ2n) is 7.24. The molecule has 0 bridgehead atoms. The summed E-state index contributed by atoms with van der Waals surface area (Å²) in [7, 11) is 0. The van der Waals surface area contributed by atoms with Crippen LogP contribution < -0.4 is 20.9 Å². The van der Waals surface area contributed by atoms with Crippen molar-refractivity contribution in [3.05, 3.63) is 59.2 Å². The minimum atomic E-state index is -0.736. The molecule has 0 aromatic heterocycles. The van der Waals surface area contributed by atoms with Crippen LogP contribution in [-0.2, 0) is 14.4 Å². The van der Waals surface area contributed by atoms with E-state index in [9.17, 15) is 14.4 Å². The second kappa shape index (κ2) is 11.0. The van der Waals surface area contributed by atoms with Crippen LogP contribution in [0.2, 0.25) is 0 Å². The Morgan fingerprint density at radius 3 is 2.30 bits per heavy atom. The van der Waals surface area contributed by atoms with Gasteiger partial charge in [0.2, 0.25) is 11.8 Å². The van der Waals surface area contributed by atoms with E-state index < -0.39 is 17.9 Å². The van der Waals surface area contributed by atoms with Gasteiger partial charge in [0.15, 0.2) is 6.10 Å². The first-order valence-electron chi connectivity index (χ1n) is 9.97. The number of anilines is 1. The molecule has 0 aliphatic carbocycles. The predicted molar refractivity (Wildman–Crippen MR) is 116 cm³/mol. The summed E-state index contributed by atoms with van der Waals surface area (Å²) in [6, 6.07) is 13.2. The van der Waals surface area contributed by atoms with Crippen molar-refractivity contribution < 1.29 is 19.1 Å². The van der Waals surface area contributed by atoms with Gasteiger partial charge in [0.25, 0.3) is 5.91 Å². The molecule has 0 radical (unpaired) electrons. The number of amides is 3. The van der Waals surface area contributed by atoms with Crippen LogP contribution in [0.5, 0.6) is 5.75 Å². The molecule has 0 saturated heterocycles. The molecule has 160 valence electrons. The smallest absolute Gasteiger partial charge is 0.279 e. The highest BCUT2D eigenvalue weighted by Crippen LogP contribution is 2.17. The highest BCUT2D eigenvalue weighted by Gasteiger charge is 2.19. The van der Waals surface area contributed by atoms with Crippen LogP contribution >= 0.6 is 0 Å². The summed E-state index contributed by atoms with van der Waals surface area (Å²) in [5.74, 6) is -0.581. The standard InChI is InChI=1S/C23H29N3O4/c1-5-20(30-18-8-6-7-15(2)13-18)23(29)26-25-22(28)12-11-21(27)24-19-14-16(3)9-10-17(19)4/h6-10,13-14,20H,5,11-12H2,1-4H3,(H,24,27)(H,25,28)(H,26,29). The Balaban J connectivity index is 1.76. The van der Waals surface area contributed by atoms with Gasteiger partial charge in [0, 0.05) is 18.5 Å². The van der Waals surface area contributed by atoms with Gasteiger partial charge < -0.3 is 10.1 Å².